The van der Waals surface area contributed by atoms with E-state index in [9.17, 15) is 5.11 Å². The van der Waals surface area contributed by atoms with E-state index in [1.807, 2.05) is 6.92 Å². The van der Waals surface area contributed by atoms with Gasteiger partial charge in [-0.15, -0.1) is 0 Å². The fourth-order valence-corrected chi connectivity index (χ4v) is 1.87. The smallest absolute Gasteiger partial charge is 0.0767 e. The number of rotatable bonds is 1. The number of hydrogen-bond acceptors (Lipinski definition) is 1. The second kappa shape index (κ2) is 3.51. The van der Waals surface area contributed by atoms with E-state index in [1.54, 1.807) is 0 Å². The summed E-state index contributed by atoms with van der Waals surface area (Å²) in [7, 11) is 0. The summed E-state index contributed by atoms with van der Waals surface area (Å²) >= 11 is 0. The Balaban J connectivity index is 3.46. The third-order valence-corrected chi connectivity index (χ3v) is 2.84. The Morgan fingerprint density at radius 2 is 1.38 bits per heavy atom. The maximum Gasteiger partial charge on any atom is 0.0767 e. The molecule has 0 fully saturated rings. The van der Waals surface area contributed by atoms with Gasteiger partial charge in [-0.1, -0.05) is 6.07 Å². The fourth-order valence-electron chi connectivity index (χ4n) is 1.87. The van der Waals surface area contributed by atoms with E-state index in [1.165, 1.54) is 22.3 Å². The van der Waals surface area contributed by atoms with Gasteiger partial charge in [0, 0.05) is 0 Å². The molecule has 0 spiro atoms. The van der Waals surface area contributed by atoms with E-state index in [0.29, 0.717) is 0 Å². The molecule has 1 heteroatoms. The highest BCUT2D eigenvalue weighted by atomic mass is 16.3. The van der Waals surface area contributed by atoms with Gasteiger partial charge in [0.2, 0.25) is 0 Å². The molecule has 1 aromatic rings. The highest BCUT2D eigenvalue weighted by Gasteiger charge is 2.11. The molecule has 1 atom stereocenters. The molecule has 72 valence electrons. The molecule has 0 aliphatic heterocycles. The minimum absolute atomic E-state index is 0.362. The summed E-state index contributed by atoms with van der Waals surface area (Å²) < 4.78 is 0. The van der Waals surface area contributed by atoms with Crippen LogP contribution >= 0.6 is 0 Å². The molecule has 1 aromatic carbocycles. The van der Waals surface area contributed by atoms with Gasteiger partial charge in [-0.3, -0.25) is 0 Å². The first-order valence-corrected chi connectivity index (χ1v) is 4.70. The standard InChI is InChI=1S/C12H18O/c1-7-6-8(2)10(4)12(9(7)3)11(5)13/h6,11,13H,1-5H3/t11-/m0/s1. The van der Waals surface area contributed by atoms with Gasteiger partial charge in [-0.2, -0.15) is 0 Å². The largest absolute Gasteiger partial charge is 0.389 e. The normalized spacial score (nSPS) is 13.1. The molecule has 0 radical (unpaired) electrons. The molecule has 0 saturated heterocycles. The van der Waals surface area contributed by atoms with E-state index < -0.39 is 0 Å². The zero-order valence-corrected chi connectivity index (χ0v) is 9.10. The summed E-state index contributed by atoms with van der Waals surface area (Å²) in [4.78, 5) is 0. The summed E-state index contributed by atoms with van der Waals surface area (Å²) in [6.07, 6.45) is -0.362. The predicted molar refractivity (Wildman–Crippen MR) is 56.0 cm³/mol. The molecule has 13 heavy (non-hydrogen) atoms. The average Bonchev–Trinajstić information content (AvgIpc) is 2.01. The Kier molecular flexibility index (Phi) is 2.77. The monoisotopic (exact) mass is 178 g/mol. The van der Waals surface area contributed by atoms with Gasteiger partial charge in [0.25, 0.3) is 0 Å². The van der Waals surface area contributed by atoms with Crippen molar-refractivity contribution in [3.05, 3.63) is 33.9 Å². The van der Waals surface area contributed by atoms with Crippen LogP contribution in [0.1, 0.15) is 40.8 Å². The maximum absolute atomic E-state index is 9.63. The summed E-state index contributed by atoms with van der Waals surface area (Å²) in [5.74, 6) is 0. The Bertz CT molecular complexity index is 298. The van der Waals surface area contributed by atoms with Crippen molar-refractivity contribution >= 4 is 0 Å². The Morgan fingerprint density at radius 1 is 1.00 bits per heavy atom. The van der Waals surface area contributed by atoms with Crippen molar-refractivity contribution in [1.29, 1.82) is 0 Å². The first-order valence-electron chi connectivity index (χ1n) is 4.70. The van der Waals surface area contributed by atoms with Crippen molar-refractivity contribution in [2.45, 2.75) is 40.7 Å². The van der Waals surface area contributed by atoms with Crippen molar-refractivity contribution in [2.75, 3.05) is 0 Å². The predicted octanol–water partition coefficient (Wildman–Crippen LogP) is 2.97. The number of aliphatic hydroxyl groups excluding tert-OH is 1. The number of hydrogen-bond donors (Lipinski definition) is 1. The lowest BCUT2D eigenvalue weighted by molar-refractivity contribution is 0.197. The Hall–Kier alpha value is -0.820. The van der Waals surface area contributed by atoms with Crippen LogP contribution in [0.4, 0.5) is 0 Å². The van der Waals surface area contributed by atoms with Crippen molar-refractivity contribution in [3.8, 4) is 0 Å². The Morgan fingerprint density at radius 3 is 1.69 bits per heavy atom. The van der Waals surface area contributed by atoms with E-state index >= 15 is 0 Å². The van der Waals surface area contributed by atoms with E-state index in [4.69, 9.17) is 0 Å². The van der Waals surface area contributed by atoms with Gasteiger partial charge in [0.1, 0.15) is 0 Å². The second-order valence-corrected chi connectivity index (χ2v) is 3.85. The van der Waals surface area contributed by atoms with E-state index in [0.717, 1.165) is 5.56 Å². The van der Waals surface area contributed by atoms with Gasteiger partial charge >= 0.3 is 0 Å². The van der Waals surface area contributed by atoms with Crippen molar-refractivity contribution in [3.63, 3.8) is 0 Å². The fraction of sp³-hybridized carbons (Fsp3) is 0.500. The van der Waals surface area contributed by atoms with Gasteiger partial charge < -0.3 is 5.11 Å². The molecular weight excluding hydrogens is 160 g/mol. The quantitative estimate of drug-likeness (QED) is 0.701. The van der Waals surface area contributed by atoms with Crippen LogP contribution in [0.5, 0.6) is 0 Å². The van der Waals surface area contributed by atoms with Crippen LogP contribution in [0.3, 0.4) is 0 Å². The molecule has 0 saturated carbocycles. The summed E-state index contributed by atoms with van der Waals surface area (Å²) in [6.45, 7) is 10.2. The van der Waals surface area contributed by atoms with Crippen LogP contribution in [-0.2, 0) is 0 Å². The maximum atomic E-state index is 9.63. The lowest BCUT2D eigenvalue weighted by Gasteiger charge is -2.17. The first kappa shape index (κ1) is 10.3. The zero-order valence-electron chi connectivity index (χ0n) is 9.10. The highest BCUT2D eigenvalue weighted by Crippen LogP contribution is 2.26. The molecule has 0 aliphatic rings. The molecule has 1 N–H and O–H groups in total. The van der Waals surface area contributed by atoms with Crippen LogP contribution in [-0.4, -0.2) is 5.11 Å². The molecule has 1 rings (SSSR count). The number of benzene rings is 1. The Labute approximate surface area is 80.4 Å². The van der Waals surface area contributed by atoms with Crippen LogP contribution in [0.25, 0.3) is 0 Å². The van der Waals surface area contributed by atoms with Gasteiger partial charge in [0.05, 0.1) is 6.10 Å². The number of aliphatic hydroxyl groups is 1. The molecular formula is C12H18O. The third kappa shape index (κ3) is 1.75. The molecule has 0 amide bonds. The molecule has 1 nitrogen and oxygen atoms in total. The highest BCUT2D eigenvalue weighted by molar-refractivity contribution is 5.44. The molecule has 0 bridgehead atoms. The minimum atomic E-state index is -0.362. The van der Waals surface area contributed by atoms with Gasteiger partial charge in [-0.05, 0) is 62.4 Å². The van der Waals surface area contributed by atoms with Gasteiger partial charge in [0.15, 0.2) is 0 Å². The van der Waals surface area contributed by atoms with Gasteiger partial charge in [-0.25, -0.2) is 0 Å². The third-order valence-electron chi connectivity index (χ3n) is 2.84. The molecule has 0 aliphatic carbocycles. The average molecular weight is 178 g/mol. The second-order valence-electron chi connectivity index (χ2n) is 3.85. The zero-order chi connectivity index (χ0) is 10.2. The lowest BCUT2D eigenvalue weighted by Crippen LogP contribution is -2.02. The molecule has 0 unspecified atom stereocenters. The van der Waals surface area contributed by atoms with Crippen LogP contribution in [0.2, 0.25) is 0 Å². The van der Waals surface area contributed by atoms with Crippen molar-refractivity contribution < 1.29 is 5.11 Å². The van der Waals surface area contributed by atoms with Crippen LogP contribution < -0.4 is 0 Å². The molecule has 0 aromatic heterocycles. The summed E-state index contributed by atoms with van der Waals surface area (Å²) in [6, 6.07) is 2.18. The van der Waals surface area contributed by atoms with E-state index in [-0.39, 0.29) is 6.10 Å². The SMILES string of the molecule is Cc1cc(C)c(C)c([C@H](C)O)c1C. The van der Waals surface area contributed by atoms with Crippen LogP contribution in [0.15, 0.2) is 6.07 Å². The van der Waals surface area contributed by atoms with Crippen molar-refractivity contribution in [1.82, 2.24) is 0 Å². The molecule has 0 heterocycles. The lowest BCUT2D eigenvalue weighted by atomic mass is 9.91. The van der Waals surface area contributed by atoms with E-state index in [2.05, 4.69) is 33.8 Å². The topological polar surface area (TPSA) is 20.2 Å². The van der Waals surface area contributed by atoms with Crippen molar-refractivity contribution in [2.24, 2.45) is 0 Å². The summed E-state index contributed by atoms with van der Waals surface area (Å²) in [5, 5.41) is 9.63. The summed E-state index contributed by atoms with van der Waals surface area (Å²) in [5.41, 5.74) is 6.06. The minimum Gasteiger partial charge on any atom is -0.389 e. The van der Waals surface area contributed by atoms with Crippen LogP contribution in [0, 0.1) is 27.7 Å². The number of aryl methyl sites for hydroxylation is 2. The first-order chi connectivity index (χ1) is 5.95.